The van der Waals surface area contributed by atoms with Crippen LogP contribution in [-0.2, 0) is 13.5 Å². The second-order valence-corrected chi connectivity index (χ2v) is 6.06. The zero-order valence-corrected chi connectivity index (χ0v) is 15.3. The molecular formula is C21H17N3O4. The third kappa shape index (κ3) is 3.23. The first-order valence-electron chi connectivity index (χ1n) is 8.57. The predicted octanol–water partition coefficient (Wildman–Crippen LogP) is 5.01. The first kappa shape index (κ1) is 18.9. The molecule has 0 bridgehead atoms. The summed E-state index contributed by atoms with van der Waals surface area (Å²) in [6, 6.07) is 15.4. The highest BCUT2D eigenvalue weighted by molar-refractivity contribution is 5.97. The van der Waals surface area contributed by atoms with E-state index in [2.05, 4.69) is 11.2 Å². The van der Waals surface area contributed by atoms with E-state index in [1.807, 2.05) is 6.92 Å². The summed E-state index contributed by atoms with van der Waals surface area (Å²) >= 11 is 0. The SMILES string of the molecule is CCc1c(C#N)c(-c2ccc(Oc3ccccc3N=O)cc2)c(C(=O)O)n1C. The zero-order chi connectivity index (χ0) is 20.3. The maximum absolute atomic E-state index is 11.8. The van der Waals surface area contributed by atoms with Crippen molar-refractivity contribution in [3.8, 4) is 28.7 Å². The minimum atomic E-state index is -1.10. The third-order valence-electron chi connectivity index (χ3n) is 4.50. The molecule has 3 rings (SSSR count). The number of carbonyl (C=O) groups is 1. The maximum atomic E-state index is 11.8. The second kappa shape index (κ2) is 7.76. The summed E-state index contributed by atoms with van der Waals surface area (Å²) in [5.41, 5.74) is 2.25. The summed E-state index contributed by atoms with van der Waals surface area (Å²) in [4.78, 5) is 22.7. The van der Waals surface area contributed by atoms with Gasteiger partial charge in [-0.2, -0.15) is 5.26 Å². The lowest BCUT2D eigenvalue weighted by Crippen LogP contribution is -2.07. The van der Waals surface area contributed by atoms with Gasteiger partial charge in [-0.25, -0.2) is 4.79 Å². The van der Waals surface area contributed by atoms with Crippen molar-refractivity contribution >= 4 is 11.7 Å². The van der Waals surface area contributed by atoms with Crippen LogP contribution in [0.2, 0.25) is 0 Å². The normalized spacial score (nSPS) is 10.3. The van der Waals surface area contributed by atoms with Crippen LogP contribution >= 0.6 is 0 Å². The molecule has 3 aromatic rings. The van der Waals surface area contributed by atoms with E-state index in [4.69, 9.17) is 4.74 Å². The van der Waals surface area contributed by atoms with Crippen molar-refractivity contribution in [2.24, 2.45) is 12.2 Å². The second-order valence-electron chi connectivity index (χ2n) is 6.06. The highest BCUT2D eigenvalue weighted by Gasteiger charge is 2.25. The topological polar surface area (TPSA) is 105 Å². The van der Waals surface area contributed by atoms with Gasteiger partial charge in [0.2, 0.25) is 0 Å². The number of benzene rings is 2. The Kier molecular flexibility index (Phi) is 5.23. The van der Waals surface area contributed by atoms with Gasteiger partial charge in [0.15, 0.2) is 11.4 Å². The number of ether oxygens (including phenoxy) is 1. The highest BCUT2D eigenvalue weighted by atomic mass is 16.5. The van der Waals surface area contributed by atoms with Gasteiger partial charge in [0, 0.05) is 18.3 Å². The molecule has 0 saturated heterocycles. The quantitative estimate of drug-likeness (QED) is 0.609. The molecule has 0 spiro atoms. The van der Waals surface area contributed by atoms with Crippen LogP contribution in [0, 0.1) is 16.2 Å². The fraction of sp³-hybridized carbons (Fsp3) is 0.143. The standard InChI is InChI=1S/C21H17N3O4/c1-3-17-15(12-22)19(20(21(25)26)24(17)2)13-8-10-14(11-9-13)28-18-7-5-4-6-16(18)23-27/h4-11H,3H2,1-2H3,(H,25,26). The number of para-hydroxylation sites is 1. The number of nitrogens with zero attached hydrogens (tertiary/aromatic N) is 3. The number of nitroso groups, excluding NO2 is 1. The van der Waals surface area contributed by atoms with Gasteiger partial charge in [0.1, 0.15) is 17.5 Å². The number of carboxylic acid groups (broad SMARTS) is 1. The van der Waals surface area contributed by atoms with Gasteiger partial charge >= 0.3 is 5.97 Å². The number of nitriles is 1. The van der Waals surface area contributed by atoms with Crippen LogP contribution in [0.15, 0.2) is 53.7 Å². The zero-order valence-electron chi connectivity index (χ0n) is 15.3. The molecule has 0 aliphatic carbocycles. The smallest absolute Gasteiger partial charge is 0.353 e. The van der Waals surface area contributed by atoms with Crippen molar-refractivity contribution in [2.45, 2.75) is 13.3 Å². The van der Waals surface area contributed by atoms with Crippen LogP contribution < -0.4 is 4.74 Å². The van der Waals surface area contributed by atoms with Gasteiger partial charge in [0.25, 0.3) is 0 Å². The van der Waals surface area contributed by atoms with Gasteiger partial charge < -0.3 is 14.4 Å². The average molecular weight is 375 g/mol. The molecule has 0 atom stereocenters. The van der Waals surface area contributed by atoms with Gasteiger partial charge in [0.05, 0.1) is 5.56 Å². The van der Waals surface area contributed by atoms with E-state index in [0.717, 1.165) is 0 Å². The molecule has 0 unspecified atom stereocenters. The predicted molar refractivity (Wildman–Crippen MR) is 104 cm³/mol. The summed E-state index contributed by atoms with van der Waals surface area (Å²) in [5.74, 6) is -0.316. The molecule has 2 aromatic carbocycles. The summed E-state index contributed by atoms with van der Waals surface area (Å²) in [7, 11) is 1.65. The molecule has 0 fully saturated rings. The number of aromatic nitrogens is 1. The van der Waals surface area contributed by atoms with E-state index in [9.17, 15) is 20.1 Å². The van der Waals surface area contributed by atoms with Gasteiger partial charge in [-0.1, -0.05) is 31.2 Å². The molecule has 0 aliphatic heterocycles. The van der Waals surface area contributed by atoms with E-state index in [1.165, 1.54) is 0 Å². The van der Waals surface area contributed by atoms with E-state index < -0.39 is 5.97 Å². The molecule has 28 heavy (non-hydrogen) atoms. The van der Waals surface area contributed by atoms with E-state index in [0.29, 0.717) is 40.3 Å². The van der Waals surface area contributed by atoms with E-state index >= 15 is 0 Å². The summed E-state index contributed by atoms with van der Waals surface area (Å²) in [6.45, 7) is 1.88. The largest absolute Gasteiger partial charge is 0.477 e. The Morgan fingerprint density at radius 3 is 2.46 bits per heavy atom. The van der Waals surface area contributed by atoms with Crippen molar-refractivity contribution < 1.29 is 14.6 Å². The monoisotopic (exact) mass is 375 g/mol. The lowest BCUT2D eigenvalue weighted by atomic mass is 10.00. The molecule has 0 amide bonds. The van der Waals surface area contributed by atoms with Crippen molar-refractivity contribution in [2.75, 3.05) is 0 Å². The maximum Gasteiger partial charge on any atom is 0.353 e. The fourth-order valence-electron chi connectivity index (χ4n) is 3.23. The van der Waals surface area contributed by atoms with Gasteiger partial charge in [-0.05, 0) is 41.4 Å². The Morgan fingerprint density at radius 1 is 1.21 bits per heavy atom. The fourth-order valence-corrected chi connectivity index (χ4v) is 3.23. The molecule has 0 radical (unpaired) electrons. The van der Waals surface area contributed by atoms with Crippen molar-refractivity contribution in [1.82, 2.24) is 4.57 Å². The molecule has 140 valence electrons. The number of aromatic carboxylic acids is 1. The van der Waals surface area contributed by atoms with E-state index in [1.54, 1.807) is 60.1 Å². The summed E-state index contributed by atoms with van der Waals surface area (Å²) in [6.07, 6.45) is 0.538. The number of hydrogen-bond donors (Lipinski definition) is 1. The van der Waals surface area contributed by atoms with Gasteiger partial charge in [-0.3, -0.25) is 0 Å². The Bertz CT molecular complexity index is 1090. The highest BCUT2D eigenvalue weighted by Crippen LogP contribution is 2.35. The lowest BCUT2D eigenvalue weighted by molar-refractivity contribution is 0.0687. The average Bonchev–Trinajstić information content (AvgIpc) is 3.00. The Morgan fingerprint density at radius 2 is 1.89 bits per heavy atom. The summed E-state index contributed by atoms with van der Waals surface area (Å²) in [5, 5.41) is 22.2. The number of rotatable bonds is 6. The number of carboxylic acids is 1. The molecule has 7 heteroatoms. The lowest BCUT2D eigenvalue weighted by Gasteiger charge is -2.08. The molecule has 1 N–H and O–H groups in total. The Hall–Kier alpha value is -3.92. The Labute approximate surface area is 161 Å². The first-order chi connectivity index (χ1) is 13.5. The van der Waals surface area contributed by atoms with Gasteiger partial charge in [-0.15, -0.1) is 4.91 Å². The van der Waals surface area contributed by atoms with Crippen LogP contribution in [0.4, 0.5) is 5.69 Å². The number of hydrogen-bond acceptors (Lipinski definition) is 5. The molecule has 0 aliphatic rings. The van der Waals surface area contributed by atoms with Crippen LogP contribution in [0.25, 0.3) is 11.1 Å². The molecule has 0 saturated carbocycles. The van der Waals surface area contributed by atoms with Crippen molar-refractivity contribution in [1.29, 1.82) is 5.26 Å². The molecule has 1 heterocycles. The Balaban J connectivity index is 2.04. The minimum Gasteiger partial charge on any atom is -0.477 e. The summed E-state index contributed by atoms with van der Waals surface area (Å²) < 4.78 is 7.24. The molecular weight excluding hydrogens is 358 g/mol. The van der Waals surface area contributed by atoms with E-state index in [-0.39, 0.29) is 11.4 Å². The molecule has 7 nitrogen and oxygen atoms in total. The third-order valence-corrected chi connectivity index (χ3v) is 4.50. The first-order valence-corrected chi connectivity index (χ1v) is 8.57. The molecule has 1 aromatic heterocycles. The minimum absolute atomic E-state index is 0.0672. The van der Waals surface area contributed by atoms with Crippen molar-refractivity contribution in [3.63, 3.8) is 0 Å². The van der Waals surface area contributed by atoms with Crippen LogP contribution in [-0.4, -0.2) is 15.6 Å². The van der Waals surface area contributed by atoms with Crippen LogP contribution in [0.1, 0.15) is 28.7 Å². The van der Waals surface area contributed by atoms with Crippen LogP contribution in [0.3, 0.4) is 0 Å². The van der Waals surface area contributed by atoms with Crippen LogP contribution in [0.5, 0.6) is 11.5 Å². The van der Waals surface area contributed by atoms with Crippen molar-refractivity contribution in [3.05, 3.63) is 70.4 Å².